The molecule has 2 rings (SSSR count). The summed E-state index contributed by atoms with van der Waals surface area (Å²) in [7, 11) is 0. The van der Waals surface area contributed by atoms with Crippen LogP contribution in [0, 0.1) is 5.92 Å². The number of hydrogen-bond acceptors (Lipinski definition) is 3. The van der Waals surface area contributed by atoms with Gasteiger partial charge in [-0.3, -0.25) is 0 Å². The molecule has 2 heterocycles. The minimum atomic E-state index is 0.739. The van der Waals surface area contributed by atoms with E-state index in [1.54, 1.807) is 0 Å². The van der Waals surface area contributed by atoms with E-state index >= 15 is 0 Å². The number of ether oxygens (including phenoxy) is 1. The van der Waals surface area contributed by atoms with E-state index in [9.17, 15) is 0 Å². The van der Waals surface area contributed by atoms with Gasteiger partial charge in [0.2, 0.25) is 0 Å². The zero-order valence-corrected chi connectivity index (χ0v) is 11.3. The van der Waals surface area contributed by atoms with Gasteiger partial charge in [0.15, 0.2) is 0 Å². The van der Waals surface area contributed by atoms with Gasteiger partial charge >= 0.3 is 0 Å². The van der Waals surface area contributed by atoms with Gasteiger partial charge in [0.1, 0.15) is 0 Å². The smallest absolute Gasteiger partial charge is 0.0469 e. The first-order chi connectivity index (χ1) is 8.38. The summed E-state index contributed by atoms with van der Waals surface area (Å²) in [5.74, 6) is 0.883. The maximum atomic E-state index is 5.43. The molecular weight excluding hydrogens is 212 g/mol. The third-order valence-corrected chi connectivity index (χ3v) is 4.05. The summed E-state index contributed by atoms with van der Waals surface area (Å²) in [4.78, 5) is 2.67. The normalized spacial score (nSPS) is 28.4. The van der Waals surface area contributed by atoms with E-state index in [4.69, 9.17) is 4.74 Å². The molecule has 1 atom stereocenters. The van der Waals surface area contributed by atoms with Crippen LogP contribution in [0.25, 0.3) is 0 Å². The first kappa shape index (κ1) is 13.3. The summed E-state index contributed by atoms with van der Waals surface area (Å²) in [5.41, 5.74) is 0. The van der Waals surface area contributed by atoms with Crippen LogP contribution in [0.5, 0.6) is 0 Å². The molecule has 1 N–H and O–H groups in total. The minimum Gasteiger partial charge on any atom is -0.381 e. The Hall–Kier alpha value is -0.120. The zero-order valence-electron chi connectivity index (χ0n) is 11.3. The van der Waals surface area contributed by atoms with Gasteiger partial charge in [-0.2, -0.15) is 0 Å². The summed E-state index contributed by atoms with van der Waals surface area (Å²) in [6, 6.07) is 0.739. The van der Waals surface area contributed by atoms with Crippen molar-refractivity contribution in [2.45, 2.75) is 45.1 Å². The van der Waals surface area contributed by atoms with Crippen molar-refractivity contribution in [1.29, 1.82) is 0 Å². The molecular formula is C14H28N2O. The molecule has 2 saturated heterocycles. The first-order valence-electron chi connectivity index (χ1n) is 7.42. The highest BCUT2D eigenvalue weighted by Gasteiger charge is 2.22. The molecule has 100 valence electrons. The Morgan fingerprint density at radius 2 is 2.06 bits per heavy atom. The molecule has 0 aromatic heterocycles. The third kappa shape index (κ3) is 4.57. The van der Waals surface area contributed by atoms with Crippen LogP contribution in [0.4, 0.5) is 0 Å². The fourth-order valence-corrected chi connectivity index (χ4v) is 3.03. The molecule has 1 unspecified atom stereocenters. The second kappa shape index (κ2) is 7.34. The van der Waals surface area contributed by atoms with Crippen LogP contribution in [-0.4, -0.2) is 50.3 Å². The molecule has 3 heteroatoms. The largest absolute Gasteiger partial charge is 0.381 e. The average molecular weight is 240 g/mol. The van der Waals surface area contributed by atoms with E-state index in [0.717, 1.165) is 25.2 Å². The number of nitrogens with zero attached hydrogens (tertiary/aromatic N) is 1. The van der Waals surface area contributed by atoms with Crippen molar-refractivity contribution in [2.75, 3.05) is 39.4 Å². The van der Waals surface area contributed by atoms with Crippen LogP contribution in [0.2, 0.25) is 0 Å². The number of piperidine rings is 1. The number of likely N-dealkylation sites (tertiary alicyclic amines) is 1. The molecule has 0 spiro atoms. The van der Waals surface area contributed by atoms with Gasteiger partial charge < -0.3 is 15.0 Å². The van der Waals surface area contributed by atoms with Crippen LogP contribution in [-0.2, 0) is 4.74 Å². The monoisotopic (exact) mass is 240 g/mol. The standard InChI is InChI=1S/C14H28N2O/c1-2-7-15-14-4-3-8-16(12-14)11-13-5-9-17-10-6-13/h13-15H,2-12H2,1H3. The van der Waals surface area contributed by atoms with E-state index in [1.807, 2.05) is 0 Å². The lowest BCUT2D eigenvalue weighted by atomic mass is 9.97. The highest BCUT2D eigenvalue weighted by atomic mass is 16.5. The Kier molecular flexibility index (Phi) is 5.75. The van der Waals surface area contributed by atoms with Gasteiger partial charge in [0.25, 0.3) is 0 Å². The van der Waals surface area contributed by atoms with Gasteiger partial charge in [-0.1, -0.05) is 6.92 Å². The predicted octanol–water partition coefficient (Wildman–Crippen LogP) is 1.88. The van der Waals surface area contributed by atoms with Crippen LogP contribution in [0.3, 0.4) is 0 Å². The molecule has 0 amide bonds. The van der Waals surface area contributed by atoms with Crippen LogP contribution < -0.4 is 5.32 Å². The van der Waals surface area contributed by atoms with Crippen molar-refractivity contribution in [3.8, 4) is 0 Å². The molecule has 0 radical (unpaired) electrons. The molecule has 2 fully saturated rings. The molecule has 0 aromatic rings. The topological polar surface area (TPSA) is 24.5 Å². The molecule has 0 bridgehead atoms. The Bertz CT molecular complexity index is 204. The van der Waals surface area contributed by atoms with Crippen LogP contribution >= 0.6 is 0 Å². The maximum Gasteiger partial charge on any atom is 0.0469 e. The minimum absolute atomic E-state index is 0.739. The molecule has 0 saturated carbocycles. The Labute approximate surface area is 106 Å². The lowest BCUT2D eigenvalue weighted by molar-refractivity contribution is 0.0473. The molecule has 2 aliphatic rings. The summed E-state index contributed by atoms with van der Waals surface area (Å²) >= 11 is 0. The summed E-state index contributed by atoms with van der Waals surface area (Å²) in [6.07, 6.45) is 6.51. The summed E-state index contributed by atoms with van der Waals surface area (Å²) in [5, 5.41) is 3.67. The maximum absolute atomic E-state index is 5.43. The van der Waals surface area contributed by atoms with E-state index < -0.39 is 0 Å². The van der Waals surface area contributed by atoms with Crippen molar-refractivity contribution in [1.82, 2.24) is 10.2 Å². The molecule has 17 heavy (non-hydrogen) atoms. The zero-order chi connectivity index (χ0) is 11.9. The fourth-order valence-electron chi connectivity index (χ4n) is 3.03. The highest BCUT2D eigenvalue weighted by molar-refractivity contribution is 4.80. The van der Waals surface area contributed by atoms with Gasteiger partial charge in [0, 0.05) is 32.3 Å². The number of rotatable bonds is 5. The average Bonchev–Trinajstić information content (AvgIpc) is 2.38. The van der Waals surface area contributed by atoms with Crippen molar-refractivity contribution < 1.29 is 4.74 Å². The molecule has 2 aliphatic heterocycles. The lowest BCUT2D eigenvalue weighted by Gasteiger charge is -2.36. The van der Waals surface area contributed by atoms with E-state index in [-0.39, 0.29) is 0 Å². The summed E-state index contributed by atoms with van der Waals surface area (Å²) in [6.45, 7) is 9.25. The number of hydrogen-bond donors (Lipinski definition) is 1. The SMILES string of the molecule is CCCNC1CCCN(CC2CCOCC2)C1. The van der Waals surface area contributed by atoms with Gasteiger partial charge in [-0.05, 0) is 51.1 Å². The van der Waals surface area contributed by atoms with Crippen molar-refractivity contribution in [3.05, 3.63) is 0 Å². The van der Waals surface area contributed by atoms with Crippen molar-refractivity contribution in [3.63, 3.8) is 0 Å². The molecule has 0 aliphatic carbocycles. The predicted molar refractivity (Wildman–Crippen MR) is 71.3 cm³/mol. The van der Waals surface area contributed by atoms with Crippen LogP contribution in [0.15, 0.2) is 0 Å². The lowest BCUT2D eigenvalue weighted by Crippen LogP contribution is -2.47. The van der Waals surface area contributed by atoms with Gasteiger partial charge in [-0.15, -0.1) is 0 Å². The molecule has 0 aromatic carbocycles. The first-order valence-corrected chi connectivity index (χ1v) is 7.42. The summed E-state index contributed by atoms with van der Waals surface area (Å²) < 4.78 is 5.43. The Morgan fingerprint density at radius 3 is 2.82 bits per heavy atom. The molecule has 3 nitrogen and oxygen atoms in total. The second-order valence-corrected chi connectivity index (χ2v) is 5.61. The van der Waals surface area contributed by atoms with Crippen molar-refractivity contribution >= 4 is 0 Å². The fraction of sp³-hybridized carbons (Fsp3) is 1.00. The second-order valence-electron chi connectivity index (χ2n) is 5.61. The van der Waals surface area contributed by atoms with E-state index in [1.165, 1.54) is 58.3 Å². The number of nitrogens with one attached hydrogen (secondary N) is 1. The Balaban J connectivity index is 1.68. The van der Waals surface area contributed by atoms with E-state index in [2.05, 4.69) is 17.1 Å². The van der Waals surface area contributed by atoms with E-state index in [0.29, 0.717) is 0 Å². The van der Waals surface area contributed by atoms with Crippen LogP contribution in [0.1, 0.15) is 39.0 Å². The highest BCUT2D eigenvalue weighted by Crippen LogP contribution is 2.19. The quantitative estimate of drug-likeness (QED) is 0.794. The Morgan fingerprint density at radius 1 is 1.24 bits per heavy atom. The van der Waals surface area contributed by atoms with Gasteiger partial charge in [-0.25, -0.2) is 0 Å². The third-order valence-electron chi connectivity index (χ3n) is 4.05. The van der Waals surface area contributed by atoms with Gasteiger partial charge in [0.05, 0.1) is 0 Å². The van der Waals surface area contributed by atoms with Crippen molar-refractivity contribution in [2.24, 2.45) is 5.92 Å².